The number of hydrogen-bond donors (Lipinski definition) is 1. The molecule has 0 saturated heterocycles. The number of alkyl halides is 5. The number of benzene rings is 1. The van der Waals surface area contributed by atoms with Crippen molar-refractivity contribution in [3.8, 4) is 0 Å². The van der Waals surface area contributed by atoms with Crippen molar-refractivity contribution < 1.29 is 27.1 Å². The average molecular weight is 357 g/mol. The molecule has 2 aliphatic rings. The third-order valence-electron chi connectivity index (χ3n) is 5.34. The highest BCUT2D eigenvalue weighted by Crippen LogP contribution is 2.57. The van der Waals surface area contributed by atoms with E-state index in [0.717, 1.165) is 11.6 Å². The van der Waals surface area contributed by atoms with Crippen LogP contribution >= 0.6 is 0 Å². The van der Waals surface area contributed by atoms with E-state index in [-0.39, 0.29) is 6.54 Å². The smallest absolute Gasteiger partial charge is 0.381 e. The third kappa shape index (κ3) is 2.39. The summed E-state index contributed by atoms with van der Waals surface area (Å²) in [6, 6.07) is 10.1. The Morgan fingerprint density at radius 1 is 1.04 bits per heavy atom. The molecule has 1 saturated carbocycles. The zero-order chi connectivity index (χ0) is 18.0. The molecule has 7 heteroatoms. The molecule has 0 spiro atoms. The molecule has 1 aliphatic carbocycles. The number of aliphatic hydroxyl groups is 1. The molecule has 134 valence electrons. The van der Waals surface area contributed by atoms with Crippen molar-refractivity contribution in [3.63, 3.8) is 0 Å². The average Bonchev–Trinajstić information content (AvgIpc) is 3.25. The van der Waals surface area contributed by atoms with Crippen molar-refractivity contribution in [2.75, 3.05) is 0 Å². The molecule has 0 amide bonds. The summed E-state index contributed by atoms with van der Waals surface area (Å²) in [5.74, 6) is -3.56. The summed E-state index contributed by atoms with van der Waals surface area (Å²) in [5.41, 5.74) is -1.21. The van der Waals surface area contributed by atoms with Crippen molar-refractivity contribution in [1.29, 1.82) is 0 Å². The molecule has 2 nitrogen and oxygen atoms in total. The maximum atomic E-state index is 13.9. The molecule has 2 heterocycles. The topological polar surface area (TPSA) is 25.2 Å². The molecular formula is C18H16F5NO. The zero-order valence-electron chi connectivity index (χ0n) is 13.2. The van der Waals surface area contributed by atoms with Crippen LogP contribution in [0.5, 0.6) is 0 Å². The van der Waals surface area contributed by atoms with Crippen LogP contribution in [0.1, 0.15) is 47.9 Å². The molecular weight excluding hydrogens is 341 g/mol. The summed E-state index contributed by atoms with van der Waals surface area (Å²) in [6.07, 6.45) is -6.60. The van der Waals surface area contributed by atoms with Gasteiger partial charge in [0.1, 0.15) is 0 Å². The molecule has 25 heavy (non-hydrogen) atoms. The van der Waals surface area contributed by atoms with Crippen LogP contribution in [-0.2, 0) is 18.1 Å². The fourth-order valence-corrected chi connectivity index (χ4v) is 3.90. The zero-order valence-corrected chi connectivity index (χ0v) is 13.2. The van der Waals surface area contributed by atoms with Crippen LogP contribution in [0, 0.1) is 0 Å². The Balaban J connectivity index is 1.92. The monoisotopic (exact) mass is 357 g/mol. The molecule has 1 N–H and O–H groups in total. The molecule has 1 aliphatic heterocycles. The normalized spacial score (nSPS) is 24.0. The van der Waals surface area contributed by atoms with Crippen molar-refractivity contribution in [2.45, 2.75) is 49.4 Å². The quantitative estimate of drug-likeness (QED) is 0.777. The van der Waals surface area contributed by atoms with Crippen LogP contribution in [0.3, 0.4) is 0 Å². The first-order chi connectivity index (χ1) is 11.7. The van der Waals surface area contributed by atoms with Gasteiger partial charge in [-0.3, -0.25) is 0 Å². The van der Waals surface area contributed by atoms with Gasteiger partial charge in [0.15, 0.2) is 6.10 Å². The van der Waals surface area contributed by atoms with Crippen molar-refractivity contribution in [1.82, 2.24) is 4.57 Å². The first kappa shape index (κ1) is 16.6. The Hall–Kier alpha value is -1.89. The van der Waals surface area contributed by atoms with Gasteiger partial charge in [0.25, 0.3) is 5.92 Å². The molecule has 0 radical (unpaired) electrons. The van der Waals surface area contributed by atoms with Crippen LogP contribution in [0.2, 0.25) is 0 Å². The molecule has 1 fully saturated rings. The lowest BCUT2D eigenvalue weighted by Crippen LogP contribution is -2.36. The SMILES string of the molecule is OC1c2c(C(F)(F)F)cc(C3(c4ccccc4)CC3)n2CCC1(F)F. The summed E-state index contributed by atoms with van der Waals surface area (Å²) in [6.45, 7) is -0.237. The number of aliphatic hydroxyl groups excluding tert-OH is 1. The van der Waals surface area contributed by atoms with Crippen molar-refractivity contribution in [3.05, 3.63) is 58.9 Å². The van der Waals surface area contributed by atoms with Gasteiger partial charge < -0.3 is 9.67 Å². The van der Waals surface area contributed by atoms with Gasteiger partial charge in [-0.05, 0) is 24.5 Å². The molecule has 1 atom stereocenters. The summed E-state index contributed by atoms with van der Waals surface area (Å²) in [5, 5.41) is 9.93. The van der Waals surface area contributed by atoms with E-state index in [9.17, 15) is 27.1 Å². The third-order valence-corrected chi connectivity index (χ3v) is 5.34. The van der Waals surface area contributed by atoms with Crippen LogP contribution in [0.4, 0.5) is 22.0 Å². The van der Waals surface area contributed by atoms with Crippen molar-refractivity contribution >= 4 is 0 Å². The molecule has 4 rings (SSSR count). The molecule has 0 bridgehead atoms. The van der Waals surface area contributed by atoms with Crippen LogP contribution in [0.25, 0.3) is 0 Å². The van der Waals surface area contributed by atoms with Crippen molar-refractivity contribution in [2.24, 2.45) is 0 Å². The van der Waals surface area contributed by atoms with E-state index < -0.39 is 41.3 Å². The van der Waals surface area contributed by atoms with Gasteiger partial charge in [0.05, 0.1) is 11.3 Å². The lowest BCUT2D eigenvalue weighted by Gasteiger charge is -2.32. The van der Waals surface area contributed by atoms with E-state index in [0.29, 0.717) is 18.5 Å². The van der Waals surface area contributed by atoms with Gasteiger partial charge in [0.2, 0.25) is 0 Å². The van der Waals surface area contributed by atoms with E-state index >= 15 is 0 Å². The number of aromatic nitrogens is 1. The number of halogens is 5. The highest BCUT2D eigenvalue weighted by atomic mass is 19.4. The van der Waals surface area contributed by atoms with Gasteiger partial charge in [-0.25, -0.2) is 8.78 Å². The predicted octanol–water partition coefficient (Wildman–Crippen LogP) is 4.66. The van der Waals surface area contributed by atoms with Crippen LogP contribution in [0.15, 0.2) is 36.4 Å². The first-order valence-corrected chi connectivity index (χ1v) is 8.09. The number of hydrogen-bond acceptors (Lipinski definition) is 1. The molecule has 1 aromatic heterocycles. The fraction of sp³-hybridized carbons (Fsp3) is 0.444. The molecule has 1 unspecified atom stereocenters. The minimum absolute atomic E-state index is 0.237. The molecule has 2 aromatic rings. The van der Waals surface area contributed by atoms with Gasteiger partial charge in [-0.2, -0.15) is 13.2 Å². The van der Waals surface area contributed by atoms with Gasteiger partial charge >= 0.3 is 6.18 Å². The van der Waals surface area contributed by atoms with E-state index in [4.69, 9.17) is 0 Å². The Morgan fingerprint density at radius 3 is 2.24 bits per heavy atom. The number of nitrogens with zero attached hydrogens (tertiary/aromatic N) is 1. The maximum absolute atomic E-state index is 13.9. The Morgan fingerprint density at radius 2 is 1.68 bits per heavy atom. The van der Waals surface area contributed by atoms with E-state index in [1.54, 1.807) is 0 Å². The lowest BCUT2D eigenvalue weighted by atomic mass is 9.92. The summed E-state index contributed by atoms with van der Waals surface area (Å²) in [7, 11) is 0. The predicted molar refractivity (Wildman–Crippen MR) is 80.4 cm³/mol. The maximum Gasteiger partial charge on any atom is 0.418 e. The minimum Gasteiger partial charge on any atom is -0.381 e. The fourth-order valence-electron chi connectivity index (χ4n) is 3.90. The minimum atomic E-state index is -4.80. The molecule has 1 aromatic carbocycles. The Kier molecular flexibility index (Phi) is 3.36. The Bertz CT molecular complexity index is 805. The first-order valence-electron chi connectivity index (χ1n) is 8.09. The van der Waals surface area contributed by atoms with Gasteiger partial charge in [-0.1, -0.05) is 30.3 Å². The van der Waals surface area contributed by atoms with E-state index in [1.807, 2.05) is 30.3 Å². The number of rotatable bonds is 2. The standard InChI is InChI=1S/C18H16F5NO/c19-17(20)8-9-24-13(10-12(18(21,22)23)14(24)15(17)25)16(6-7-16)11-4-2-1-3-5-11/h1-5,10,15,25H,6-9H2. The van der Waals surface area contributed by atoms with Gasteiger partial charge in [0, 0.05) is 24.1 Å². The van der Waals surface area contributed by atoms with Crippen LogP contribution < -0.4 is 0 Å². The highest BCUT2D eigenvalue weighted by molar-refractivity contribution is 5.47. The highest BCUT2D eigenvalue weighted by Gasteiger charge is 2.55. The second-order valence-electron chi connectivity index (χ2n) is 6.84. The van der Waals surface area contributed by atoms with Gasteiger partial charge in [-0.15, -0.1) is 0 Å². The largest absolute Gasteiger partial charge is 0.418 e. The van der Waals surface area contributed by atoms with E-state index in [1.165, 1.54) is 4.57 Å². The summed E-state index contributed by atoms with van der Waals surface area (Å²) in [4.78, 5) is 0. The number of fused-ring (bicyclic) bond motifs is 1. The summed E-state index contributed by atoms with van der Waals surface area (Å²) < 4.78 is 69.4. The second-order valence-corrected chi connectivity index (χ2v) is 6.84. The van der Waals surface area contributed by atoms with Crippen LogP contribution in [-0.4, -0.2) is 15.6 Å². The summed E-state index contributed by atoms with van der Waals surface area (Å²) >= 11 is 0. The second kappa shape index (κ2) is 5.06. The van der Waals surface area contributed by atoms with E-state index in [2.05, 4.69) is 0 Å². The lowest BCUT2D eigenvalue weighted by molar-refractivity contribution is -0.152. The Labute approximate surface area is 140 Å².